The number of nitriles is 1. The predicted molar refractivity (Wildman–Crippen MR) is 78.9 cm³/mol. The molecule has 0 aliphatic carbocycles. The molecule has 0 fully saturated rings. The third-order valence-electron chi connectivity index (χ3n) is 2.71. The molecule has 0 aliphatic rings. The summed E-state index contributed by atoms with van der Waals surface area (Å²) < 4.78 is 63.8. The number of halogens is 4. The maximum Gasteiger partial charge on any atom is 0.435 e. The molecule has 1 aromatic carbocycles. The van der Waals surface area contributed by atoms with E-state index < -0.39 is 31.9 Å². The largest absolute Gasteiger partial charge is 0.435 e. The van der Waals surface area contributed by atoms with Gasteiger partial charge in [-0.15, -0.1) is 0 Å². The molecule has 0 radical (unpaired) electrons. The summed E-state index contributed by atoms with van der Waals surface area (Å²) in [6, 6.07) is 6.64. The Morgan fingerprint density at radius 1 is 1.39 bits per heavy atom. The summed E-state index contributed by atoms with van der Waals surface area (Å²) in [7, 11) is -3.10. The Morgan fingerprint density at radius 3 is 2.52 bits per heavy atom. The summed E-state index contributed by atoms with van der Waals surface area (Å²) >= 11 is 6.07. The average molecular weight is 382 g/mol. The third kappa shape index (κ3) is 3.41. The van der Waals surface area contributed by atoms with Crippen molar-refractivity contribution in [3.05, 3.63) is 39.9 Å². The molecule has 2 rings (SSSR count). The number of aromatic nitrogens is 1. The van der Waals surface area contributed by atoms with Gasteiger partial charge in [0, 0.05) is 12.1 Å². The lowest BCUT2D eigenvalue weighted by atomic mass is 10.4. The number of rotatable bonds is 3. The Morgan fingerprint density at radius 2 is 2.04 bits per heavy atom. The van der Waals surface area contributed by atoms with E-state index >= 15 is 0 Å². The molecule has 122 valence electrons. The lowest BCUT2D eigenvalue weighted by Crippen LogP contribution is -2.26. The van der Waals surface area contributed by atoms with Crippen LogP contribution in [0, 0.1) is 11.3 Å². The van der Waals surface area contributed by atoms with Gasteiger partial charge in [-0.1, -0.05) is 29.0 Å². The highest BCUT2D eigenvalue weighted by Gasteiger charge is 2.39. The molecule has 0 aliphatic heterocycles. The highest BCUT2D eigenvalue weighted by atomic mass is 35.5. The quantitative estimate of drug-likeness (QED) is 0.815. The Kier molecular flexibility index (Phi) is 4.57. The van der Waals surface area contributed by atoms with Gasteiger partial charge in [0.1, 0.15) is 10.9 Å². The number of hydrogen-bond acceptors (Lipinski definition) is 5. The van der Waals surface area contributed by atoms with Crippen molar-refractivity contribution in [1.82, 2.24) is 4.98 Å². The van der Waals surface area contributed by atoms with E-state index in [0.29, 0.717) is 15.6 Å². The zero-order valence-corrected chi connectivity index (χ0v) is 13.7. The van der Waals surface area contributed by atoms with Crippen LogP contribution in [-0.2, 0) is 16.2 Å². The smallest absolute Gasteiger partial charge is 0.244 e. The van der Waals surface area contributed by atoms with Crippen LogP contribution in [0.15, 0.2) is 29.2 Å². The molecule has 1 heterocycles. The average Bonchev–Trinajstić information content (AvgIpc) is 2.90. The second-order valence-corrected chi connectivity index (χ2v) is 7.60. The zero-order valence-electron chi connectivity index (χ0n) is 11.3. The van der Waals surface area contributed by atoms with Crippen molar-refractivity contribution in [2.24, 2.45) is 0 Å². The zero-order chi connectivity index (χ0) is 17.4. The topological polar surface area (TPSA) is 74.1 Å². The van der Waals surface area contributed by atoms with Crippen LogP contribution >= 0.6 is 22.9 Å². The number of benzene rings is 1. The van der Waals surface area contributed by atoms with Crippen molar-refractivity contribution in [1.29, 1.82) is 5.26 Å². The minimum Gasteiger partial charge on any atom is -0.244 e. The molecule has 0 N–H and O–H groups in total. The first-order valence-corrected chi connectivity index (χ1v) is 8.43. The number of thiazole rings is 1. The minimum atomic E-state index is -4.85. The number of nitrogens with zero attached hydrogens (tertiary/aromatic N) is 3. The Hall–Kier alpha value is -1.83. The van der Waals surface area contributed by atoms with E-state index in [0.717, 1.165) is 13.1 Å². The molecule has 0 unspecified atom stereocenters. The van der Waals surface area contributed by atoms with E-state index in [1.165, 1.54) is 24.3 Å². The molecule has 1 aromatic heterocycles. The number of hydrogen-bond donors (Lipinski definition) is 0. The van der Waals surface area contributed by atoms with E-state index in [4.69, 9.17) is 16.9 Å². The Balaban J connectivity index is 2.51. The third-order valence-corrected chi connectivity index (χ3v) is 5.84. The number of anilines is 1. The van der Waals surface area contributed by atoms with Gasteiger partial charge in [-0.25, -0.2) is 17.7 Å². The lowest BCUT2D eigenvalue weighted by molar-refractivity contribution is -0.140. The van der Waals surface area contributed by atoms with Crippen molar-refractivity contribution >= 4 is 38.1 Å². The first-order valence-electron chi connectivity index (χ1n) is 5.80. The summed E-state index contributed by atoms with van der Waals surface area (Å²) in [6.45, 7) is 0. The van der Waals surface area contributed by atoms with Crippen LogP contribution < -0.4 is 4.31 Å². The normalized spacial score (nSPS) is 12.0. The molecule has 0 bridgehead atoms. The van der Waals surface area contributed by atoms with Crippen LogP contribution in [-0.4, -0.2) is 20.4 Å². The molecule has 23 heavy (non-hydrogen) atoms. The van der Waals surface area contributed by atoms with Gasteiger partial charge in [0.05, 0.1) is 4.90 Å². The second kappa shape index (κ2) is 5.99. The predicted octanol–water partition coefficient (Wildman–Crippen LogP) is 3.51. The standard InChI is InChI=1S/C12H7ClF3N3O2S2/c1-19(23(20,21)8-4-2-3-7(13)5-8)11-18-10(12(14,15)16)9(6-17)22-11/h2-5H,1H3. The molecular weight excluding hydrogens is 375 g/mol. The van der Waals surface area contributed by atoms with Gasteiger partial charge >= 0.3 is 6.18 Å². The molecule has 0 spiro atoms. The van der Waals surface area contributed by atoms with Gasteiger partial charge in [0.2, 0.25) is 5.13 Å². The highest BCUT2D eigenvalue weighted by Crippen LogP contribution is 2.37. The number of sulfonamides is 1. The van der Waals surface area contributed by atoms with Crippen LogP contribution in [0.5, 0.6) is 0 Å². The van der Waals surface area contributed by atoms with Crippen molar-refractivity contribution in [2.45, 2.75) is 11.1 Å². The molecule has 0 atom stereocenters. The van der Waals surface area contributed by atoms with Gasteiger partial charge in [-0.2, -0.15) is 18.4 Å². The highest BCUT2D eigenvalue weighted by molar-refractivity contribution is 7.93. The van der Waals surface area contributed by atoms with E-state index in [2.05, 4.69) is 4.98 Å². The fourth-order valence-corrected chi connectivity index (χ4v) is 4.10. The van der Waals surface area contributed by atoms with E-state index in [9.17, 15) is 21.6 Å². The fourth-order valence-electron chi connectivity index (χ4n) is 1.60. The molecule has 0 saturated carbocycles. The van der Waals surface area contributed by atoms with E-state index in [-0.39, 0.29) is 9.92 Å². The first-order chi connectivity index (χ1) is 10.6. The Labute approximate surface area is 138 Å². The SMILES string of the molecule is CN(c1nc(C(F)(F)F)c(C#N)s1)S(=O)(=O)c1cccc(Cl)c1. The van der Waals surface area contributed by atoms with Crippen molar-refractivity contribution in [3.8, 4) is 6.07 Å². The summed E-state index contributed by atoms with van der Waals surface area (Å²) in [6.07, 6.45) is -4.85. The van der Waals surface area contributed by atoms with Crippen molar-refractivity contribution in [3.63, 3.8) is 0 Å². The summed E-state index contributed by atoms with van der Waals surface area (Å²) in [4.78, 5) is 2.34. The second-order valence-electron chi connectivity index (χ2n) is 4.21. The van der Waals surface area contributed by atoms with Gasteiger partial charge in [-0.05, 0) is 18.2 Å². The van der Waals surface area contributed by atoms with Crippen molar-refractivity contribution < 1.29 is 21.6 Å². The first kappa shape index (κ1) is 17.5. The molecule has 0 saturated heterocycles. The fraction of sp³-hybridized carbons (Fsp3) is 0.167. The molecule has 0 amide bonds. The van der Waals surface area contributed by atoms with Crippen LogP contribution in [0.2, 0.25) is 5.02 Å². The molecular formula is C12H7ClF3N3O2S2. The summed E-state index contributed by atoms with van der Waals surface area (Å²) in [5.74, 6) is 0. The molecule has 5 nitrogen and oxygen atoms in total. The van der Waals surface area contributed by atoms with Gasteiger partial charge in [-0.3, -0.25) is 0 Å². The Bertz CT molecular complexity index is 888. The lowest BCUT2D eigenvalue weighted by Gasteiger charge is -2.16. The maximum atomic E-state index is 12.8. The van der Waals surface area contributed by atoms with E-state index in [1.54, 1.807) is 0 Å². The van der Waals surface area contributed by atoms with Crippen molar-refractivity contribution in [2.75, 3.05) is 11.4 Å². The summed E-state index contributed by atoms with van der Waals surface area (Å²) in [5.41, 5.74) is -1.41. The monoisotopic (exact) mass is 381 g/mol. The molecule has 2 aromatic rings. The van der Waals surface area contributed by atoms with Crippen LogP contribution in [0.3, 0.4) is 0 Å². The van der Waals surface area contributed by atoms with Gasteiger partial charge in [0.25, 0.3) is 10.0 Å². The van der Waals surface area contributed by atoms with Crippen LogP contribution in [0.4, 0.5) is 18.3 Å². The van der Waals surface area contributed by atoms with Crippen LogP contribution in [0.25, 0.3) is 0 Å². The van der Waals surface area contributed by atoms with Gasteiger partial charge < -0.3 is 0 Å². The minimum absolute atomic E-state index is 0.160. The van der Waals surface area contributed by atoms with Gasteiger partial charge in [0.15, 0.2) is 5.69 Å². The van der Waals surface area contributed by atoms with E-state index in [1.807, 2.05) is 0 Å². The number of alkyl halides is 3. The molecule has 11 heteroatoms. The summed E-state index contributed by atoms with van der Waals surface area (Å²) in [5, 5.41) is 8.46. The maximum absolute atomic E-state index is 12.8. The van der Waals surface area contributed by atoms with Crippen LogP contribution in [0.1, 0.15) is 10.6 Å².